The van der Waals surface area contributed by atoms with Crippen molar-refractivity contribution in [3.05, 3.63) is 29.8 Å². The Kier molecular flexibility index (Phi) is 3.60. The number of hydrogen-bond acceptors (Lipinski definition) is 1. The van der Waals surface area contributed by atoms with Crippen LogP contribution in [0.15, 0.2) is 23.2 Å². The Balaban J connectivity index is 2.90. The second-order valence-electron chi connectivity index (χ2n) is 3.33. The molecule has 1 aromatic rings. The van der Waals surface area contributed by atoms with Crippen LogP contribution in [0.5, 0.6) is 0 Å². The Morgan fingerprint density at radius 3 is 2.33 bits per heavy atom. The summed E-state index contributed by atoms with van der Waals surface area (Å²) >= 11 is 0. The van der Waals surface area contributed by atoms with Gasteiger partial charge in [-0.3, -0.25) is 4.99 Å². The maximum Gasteiger partial charge on any atom is 0.193 e. The van der Waals surface area contributed by atoms with Crippen molar-refractivity contribution >= 4 is 11.6 Å². The first-order valence-corrected chi connectivity index (χ1v) is 4.55. The molecule has 1 rings (SSSR count). The van der Waals surface area contributed by atoms with Gasteiger partial charge in [-0.25, -0.2) is 8.78 Å². The minimum atomic E-state index is -0.697. The Labute approximate surface area is 87.0 Å². The number of rotatable bonds is 2. The quantitative estimate of drug-likeness (QED) is 0.584. The van der Waals surface area contributed by atoms with Crippen molar-refractivity contribution in [1.29, 1.82) is 0 Å². The fourth-order valence-corrected chi connectivity index (χ4v) is 1.06. The summed E-state index contributed by atoms with van der Waals surface area (Å²) in [4.78, 5) is 3.90. The van der Waals surface area contributed by atoms with Crippen LogP contribution < -0.4 is 11.1 Å². The summed E-state index contributed by atoms with van der Waals surface area (Å²) in [5.41, 5.74) is 5.17. The molecule has 0 saturated carbocycles. The molecule has 0 aliphatic heterocycles. The van der Waals surface area contributed by atoms with E-state index in [0.29, 0.717) is 0 Å². The van der Waals surface area contributed by atoms with Crippen LogP contribution in [-0.4, -0.2) is 12.0 Å². The third-order valence-electron chi connectivity index (χ3n) is 1.61. The standard InChI is InChI=1S/C10H13F2N3/c1-6(2)14-10(13)15-9-7(11)4-3-5-8(9)12/h3-6H,1-2H3,(H3,13,14,15). The molecular formula is C10H13F2N3. The highest BCUT2D eigenvalue weighted by molar-refractivity contribution is 5.92. The molecule has 0 bridgehead atoms. The van der Waals surface area contributed by atoms with Gasteiger partial charge < -0.3 is 11.1 Å². The van der Waals surface area contributed by atoms with Gasteiger partial charge >= 0.3 is 0 Å². The monoisotopic (exact) mass is 213 g/mol. The van der Waals surface area contributed by atoms with E-state index in [2.05, 4.69) is 10.3 Å². The normalized spacial score (nSPS) is 11.9. The van der Waals surface area contributed by atoms with E-state index in [-0.39, 0.29) is 17.7 Å². The van der Waals surface area contributed by atoms with Crippen molar-refractivity contribution in [1.82, 2.24) is 0 Å². The second-order valence-corrected chi connectivity index (χ2v) is 3.33. The lowest BCUT2D eigenvalue weighted by molar-refractivity contribution is 0.591. The molecule has 1 aromatic carbocycles. The van der Waals surface area contributed by atoms with E-state index < -0.39 is 11.6 Å². The zero-order chi connectivity index (χ0) is 11.4. The molecular weight excluding hydrogens is 200 g/mol. The minimum absolute atomic E-state index is 0.00556. The molecule has 5 heteroatoms. The summed E-state index contributed by atoms with van der Waals surface area (Å²) in [5, 5.41) is 2.39. The molecule has 82 valence electrons. The van der Waals surface area contributed by atoms with Crippen molar-refractivity contribution in [2.45, 2.75) is 19.9 Å². The van der Waals surface area contributed by atoms with Gasteiger partial charge in [-0.15, -0.1) is 0 Å². The predicted molar refractivity (Wildman–Crippen MR) is 56.7 cm³/mol. The molecule has 0 radical (unpaired) electrons. The van der Waals surface area contributed by atoms with Crippen LogP contribution in [0.25, 0.3) is 0 Å². The summed E-state index contributed by atoms with van der Waals surface area (Å²) in [6.07, 6.45) is 0. The molecule has 0 unspecified atom stereocenters. The fraction of sp³-hybridized carbons (Fsp3) is 0.300. The molecule has 0 aliphatic carbocycles. The number of nitrogens with two attached hydrogens (primary N) is 1. The van der Waals surface area contributed by atoms with Crippen LogP contribution in [-0.2, 0) is 0 Å². The zero-order valence-corrected chi connectivity index (χ0v) is 8.59. The highest BCUT2D eigenvalue weighted by atomic mass is 19.1. The molecule has 0 amide bonds. The Morgan fingerprint density at radius 2 is 1.87 bits per heavy atom. The van der Waals surface area contributed by atoms with E-state index in [4.69, 9.17) is 5.73 Å². The van der Waals surface area contributed by atoms with E-state index >= 15 is 0 Å². The summed E-state index contributed by atoms with van der Waals surface area (Å²) in [7, 11) is 0. The van der Waals surface area contributed by atoms with Gasteiger partial charge in [0.2, 0.25) is 0 Å². The number of para-hydroxylation sites is 1. The molecule has 0 aromatic heterocycles. The van der Waals surface area contributed by atoms with E-state index in [0.717, 1.165) is 12.1 Å². The molecule has 0 fully saturated rings. The molecule has 0 heterocycles. The van der Waals surface area contributed by atoms with Crippen molar-refractivity contribution in [3.63, 3.8) is 0 Å². The third kappa shape index (κ3) is 3.19. The van der Waals surface area contributed by atoms with Gasteiger partial charge in [-0.05, 0) is 26.0 Å². The number of aliphatic imine (C=N–C) groups is 1. The number of guanidine groups is 1. The lowest BCUT2D eigenvalue weighted by atomic mass is 10.3. The average molecular weight is 213 g/mol. The van der Waals surface area contributed by atoms with Gasteiger partial charge in [0.25, 0.3) is 0 Å². The lowest BCUT2D eigenvalue weighted by Gasteiger charge is -2.08. The topological polar surface area (TPSA) is 50.4 Å². The van der Waals surface area contributed by atoms with Crippen LogP contribution in [0.4, 0.5) is 14.5 Å². The average Bonchev–Trinajstić information content (AvgIpc) is 2.10. The number of anilines is 1. The zero-order valence-electron chi connectivity index (χ0n) is 8.59. The van der Waals surface area contributed by atoms with E-state index in [9.17, 15) is 8.78 Å². The lowest BCUT2D eigenvalue weighted by Crippen LogP contribution is -2.25. The summed E-state index contributed by atoms with van der Waals surface area (Å²) in [6.45, 7) is 3.62. The summed E-state index contributed by atoms with van der Waals surface area (Å²) < 4.78 is 26.3. The van der Waals surface area contributed by atoms with Crippen LogP contribution in [0.2, 0.25) is 0 Å². The maximum atomic E-state index is 13.1. The van der Waals surface area contributed by atoms with Gasteiger partial charge in [0, 0.05) is 6.04 Å². The molecule has 0 spiro atoms. The van der Waals surface area contributed by atoms with Crippen LogP contribution in [0.1, 0.15) is 13.8 Å². The predicted octanol–water partition coefficient (Wildman–Crippen LogP) is 2.10. The van der Waals surface area contributed by atoms with Crippen molar-refractivity contribution in [3.8, 4) is 0 Å². The van der Waals surface area contributed by atoms with Crippen molar-refractivity contribution in [2.75, 3.05) is 5.32 Å². The van der Waals surface area contributed by atoms with Crippen LogP contribution >= 0.6 is 0 Å². The number of nitrogens with one attached hydrogen (secondary N) is 1. The Morgan fingerprint density at radius 1 is 1.33 bits per heavy atom. The van der Waals surface area contributed by atoms with Gasteiger partial charge in [-0.2, -0.15) is 0 Å². The largest absolute Gasteiger partial charge is 0.370 e. The first kappa shape index (κ1) is 11.4. The molecule has 0 atom stereocenters. The molecule has 15 heavy (non-hydrogen) atoms. The Bertz CT molecular complexity index is 355. The smallest absolute Gasteiger partial charge is 0.193 e. The van der Waals surface area contributed by atoms with Gasteiger partial charge in [0.05, 0.1) is 0 Å². The Hall–Kier alpha value is -1.65. The number of hydrogen-bond donors (Lipinski definition) is 2. The van der Waals surface area contributed by atoms with Gasteiger partial charge in [0.1, 0.15) is 17.3 Å². The number of nitrogens with zero attached hydrogens (tertiary/aromatic N) is 1. The van der Waals surface area contributed by atoms with Gasteiger partial charge in [0.15, 0.2) is 5.96 Å². The van der Waals surface area contributed by atoms with Crippen LogP contribution in [0.3, 0.4) is 0 Å². The minimum Gasteiger partial charge on any atom is -0.370 e. The molecule has 3 N–H and O–H groups in total. The first-order valence-electron chi connectivity index (χ1n) is 4.55. The van der Waals surface area contributed by atoms with Crippen molar-refractivity contribution in [2.24, 2.45) is 10.7 Å². The van der Waals surface area contributed by atoms with E-state index in [1.807, 2.05) is 13.8 Å². The summed E-state index contributed by atoms with van der Waals surface area (Å²) in [5.74, 6) is -1.40. The van der Waals surface area contributed by atoms with Crippen molar-refractivity contribution < 1.29 is 8.78 Å². The van der Waals surface area contributed by atoms with E-state index in [1.54, 1.807) is 0 Å². The van der Waals surface area contributed by atoms with E-state index in [1.165, 1.54) is 6.07 Å². The second kappa shape index (κ2) is 4.72. The van der Waals surface area contributed by atoms with Gasteiger partial charge in [-0.1, -0.05) is 6.07 Å². The number of benzene rings is 1. The fourth-order valence-electron chi connectivity index (χ4n) is 1.06. The number of halogens is 2. The highest BCUT2D eigenvalue weighted by Crippen LogP contribution is 2.17. The third-order valence-corrected chi connectivity index (χ3v) is 1.61. The molecule has 3 nitrogen and oxygen atoms in total. The van der Waals surface area contributed by atoms with Crippen LogP contribution in [0, 0.1) is 11.6 Å². The highest BCUT2D eigenvalue weighted by Gasteiger charge is 2.08. The molecule has 0 saturated heterocycles. The maximum absolute atomic E-state index is 13.1. The molecule has 0 aliphatic rings. The SMILES string of the molecule is CC(C)N=C(N)Nc1c(F)cccc1F. The first-order chi connectivity index (χ1) is 7.00. The summed E-state index contributed by atoms with van der Waals surface area (Å²) in [6, 6.07) is 3.54.